The monoisotopic (exact) mass is 318 g/mol. The second kappa shape index (κ2) is 5.26. The molecule has 0 spiro atoms. The predicted molar refractivity (Wildman–Crippen MR) is 83.0 cm³/mol. The van der Waals surface area contributed by atoms with Crippen molar-refractivity contribution in [2.45, 2.75) is 12.5 Å². The van der Waals surface area contributed by atoms with Crippen molar-refractivity contribution in [3.63, 3.8) is 0 Å². The molecule has 1 unspecified atom stereocenters. The van der Waals surface area contributed by atoms with E-state index in [1.54, 1.807) is 15.4 Å². The van der Waals surface area contributed by atoms with E-state index in [1.165, 1.54) is 0 Å². The molecular formula is C14H15ClN6O. The molecule has 3 aromatic heterocycles. The van der Waals surface area contributed by atoms with Crippen molar-refractivity contribution in [3.8, 4) is 11.1 Å². The van der Waals surface area contributed by atoms with Crippen LogP contribution in [0.1, 0.15) is 6.42 Å². The van der Waals surface area contributed by atoms with Gasteiger partial charge in [0, 0.05) is 37.2 Å². The Morgan fingerprint density at radius 3 is 2.95 bits per heavy atom. The highest BCUT2D eigenvalue weighted by atomic mass is 35.5. The Kier molecular flexibility index (Phi) is 3.24. The number of nitrogens with one attached hydrogen (secondary N) is 1. The molecule has 0 aromatic carbocycles. The predicted octanol–water partition coefficient (Wildman–Crippen LogP) is 1.98. The zero-order valence-corrected chi connectivity index (χ0v) is 12.8. The van der Waals surface area contributed by atoms with Gasteiger partial charge >= 0.3 is 0 Å². The summed E-state index contributed by atoms with van der Waals surface area (Å²) < 4.78 is 8.87. The third-order valence-corrected chi connectivity index (χ3v) is 4.00. The van der Waals surface area contributed by atoms with E-state index in [-0.39, 0.29) is 6.04 Å². The lowest BCUT2D eigenvalue weighted by atomic mass is 10.1. The first-order valence-corrected chi connectivity index (χ1v) is 7.45. The van der Waals surface area contributed by atoms with Crippen LogP contribution in [0.5, 0.6) is 0 Å². The van der Waals surface area contributed by atoms with Gasteiger partial charge in [-0.2, -0.15) is 10.2 Å². The summed E-state index contributed by atoms with van der Waals surface area (Å²) >= 11 is 6.15. The van der Waals surface area contributed by atoms with Crippen molar-refractivity contribution in [2.24, 2.45) is 7.05 Å². The first kappa shape index (κ1) is 13.5. The van der Waals surface area contributed by atoms with Crippen LogP contribution in [-0.2, 0) is 11.8 Å². The molecule has 1 fully saturated rings. The van der Waals surface area contributed by atoms with Crippen LogP contribution in [0.4, 0.5) is 5.82 Å². The Hall–Kier alpha value is -2.12. The minimum Gasteiger partial charge on any atom is -0.379 e. The molecule has 1 saturated heterocycles. The third kappa shape index (κ3) is 2.32. The lowest BCUT2D eigenvalue weighted by Crippen LogP contribution is -2.20. The van der Waals surface area contributed by atoms with E-state index in [1.807, 2.05) is 25.6 Å². The molecule has 1 N–H and O–H groups in total. The highest BCUT2D eigenvalue weighted by Gasteiger charge is 2.20. The van der Waals surface area contributed by atoms with E-state index in [0.717, 1.165) is 30.0 Å². The normalized spacial score (nSPS) is 18.2. The minimum absolute atomic E-state index is 0.257. The fraction of sp³-hybridized carbons (Fsp3) is 0.357. The second-order valence-electron chi connectivity index (χ2n) is 5.37. The van der Waals surface area contributed by atoms with Crippen molar-refractivity contribution < 1.29 is 4.74 Å². The summed E-state index contributed by atoms with van der Waals surface area (Å²) in [5.74, 6) is 0.776. The highest BCUT2D eigenvalue weighted by Crippen LogP contribution is 2.29. The van der Waals surface area contributed by atoms with Crippen molar-refractivity contribution in [2.75, 3.05) is 18.5 Å². The molecule has 0 amide bonds. The van der Waals surface area contributed by atoms with Gasteiger partial charge in [-0.15, -0.1) is 0 Å². The molecule has 1 atom stereocenters. The molecular weight excluding hydrogens is 304 g/mol. The van der Waals surface area contributed by atoms with E-state index in [2.05, 4.69) is 20.5 Å². The molecule has 1 aliphatic rings. The largest absolute Gasteiger partial charge is 0.379 e. The Morgan fingerprint density at radius 1 is 1.32 bits per heavy atom. The van der Waals surface area contributed by atoms with Gasteiger partial charge in [0.05, 0.1) is 25.0 Å². The average Bonchev–Trinajstić information content (AvgIpc) is 3.22. The van der Waals surface area contributed by atoms with Crippen molar-refractivity contribution >= 4 is 23.1 Å². The molecule has 8 heteroatoms. The number of nitrogens with zero attached hydrogens (tertiary/aromatic N) is 5. The number of aryl methyl sites for hydroxylation is 1. The maximum atomic E-state index is 6.15. The number of rotatable bonds is 3. The summed E-state index contributed by atoms with van der Waals surface area (Å²) in [5, 5.41) is 12.4. The quantitative estimate of drug-likeness (QED) is 0.799. The van der Waals surface area contributed by atoms with Crippen LogP contribution in [0.2, 0.25) is 5.02 Å². The maximum Gasteiger partial charge on any atom is 0.175 e. The molecule has 0 bridgehead atoms. The number of ether oxygens (including phenoxy) is 1. The van der Waals surface area contributed by atoms with Gasteiger partial charge in [-0.05, 0) is 6.42 Å². The van der Waals surface area contributed by atoms with E-state index < -0.39 is 0 Å². The van der Waals surface area contributed by atoms with Gasteiger partial charge in [-0.1, -0.05) is 11.6 Å². The fourth-order valence-electron chi connectivity index (χ4n) is 2.61. The topological polar surface area (TPSA) is 69.3 Å². The number of halogens is 1. The number of aromatic nitrogens is 5. The van der Waals surface area contributed by atoms with E-state index in [9.17, 15) is 0 Å². The molecule has 0 radical (unpaired) electrons. The zero-order valence-electron chi connectivity index (χ0n) is 12.0. The summed E-state index contributed by atoms with van der Waals surface area (Å²) in [4.78, 5) is 4.65. The SMILES string of the molecule is Cn1cc(-c2cn3ncc(Cl)c3nc2NC2CCOC2)cn1. The van der Waals surface area contributed by atoms with Crippen LogP contribution in [0.25, 0.3) is 16.8 Å². The summed E-state index contributed by atoms with van der Waals surface area (Å²) in [6.07, 6.45) is 8.24. The molecule has 4 rings (SSSR count). The summed E-state index contributed by atoms with van der Waals surface area (Å²) in [6.45, 7) is 1.46. The van der Waals surface area contributed by atoms with E-state index in [0.29, 0.717) is 17.3 Å². The van der Waals surface area contributed by atoms with E-state index >= 15 is 0 Å². The molecule has 0 saturated carbocycles. The average molecular weight is 319 g/mol. The van der Waals surface area contributed by atoms with Gasteiger partial charge in [0.25, 0.3) is 0 Å². The number of fused-ring (bicyclic) bond motifs is 1. The number of hydrogen-bond donors (Lipinski definition) is 1. The highest BCUT2D eigenvalue weighted by molar-refractivity contribution is 6.33. The van der Waals surface area contributed by atoms with Gasteiger partial charge in [-0.3, -0.25) is 4.68 Å². The van der Waals surface area contributed by atoms with Gasteiger partial charge in [-0.25, -0.2) is 9.50 Å². The van der Waals surface area contributed by atoms with Crippen LogP contribution in [0, 0.1) is 0 Å². The summed E-state index contributed by atoms with van der Waals surface area (Å²) in [6, 6.07) is 0.257. The van der Waals surface area contributed by atoms with Crippen LogP contribution >= 0.6 is 11.6 Å². The second-order valence-corrected chi connectivity index (χ2v) is 5.78. The number of anilines is 1. The third-order valence-electron chi connectivity index (χ3n) is 3.74. The number of hydrogen-bond acceptors (Lipinski definition) is 5. The molecule has 114 valence electrons. The molecule has 0 aliphatic carbocycles. The molecule has 3 aromatic rings. The van der Waals surface area contributed by atoms with Gasteiger partial charge in [0.2, 0.25) is 0 Å². The van der Waals surface area contributed by atoms with Gasteiger partial charge < -0.3 is 10.1 Å². The Morgan fingerprint density at radius 2 is 2.23 bits per heavy atom. The van der Waals surface area contributed by atoms with Crippen LogP contribution in [0.3, 0.4) is 0 Å². The molecule has 22 heavy (non-hydrogen) atoms. The molecule has 7 nitrogen and oxygen atoms in total. The Balaban J connectivity index is 1.83. The van der Waals surface area contributed by atoms with E-state index in [4.69, 9.17) is 16.3 Å². The van der Waals surface area contributed by atoms with Gasteiger partial charge in [0.15, 0.2) is 5.65 Å². The Bertz CT molecular complexity index is 820. The maximum absolute atomic E-state index is 6.15. The molecule has 1 aliphatic heterocycles. The minimum atomic E-state index is 0.257. The van der Waals surface area contributed by atoms with Crippen molar-refractivity contribution in [1.82, 2.24) is 24.4 Å². The summed E-state index contributed by atoms with van der Waals surface area (Å²) in [5.41, 5.74) is 2.55. The lowest BCUT2D eigenvalue weighted by molar-refractivity contribution is 0.195. The van der Waals surface area contributed by atoms with Crippen LogP contribution in [0.15, 0.2) is 24.8 Å². The fourth-order valence-corrected chi connectivity index (χ4v) is 2.78. The van der Waals surface area contributed by atoms with Crippen LogP contribution < -0.4 is 5.32 Å². The first-order valence-electron chi connectivity index (χ1n) is 7.08. The zero-order chi connectivity index (χ0) is 15.1. The van der Waals surface area contributed by atoms with Gasteiger partial charge in [0.1, 0.15) is 10.8 Å². The smallest absolute Gasteiger partial charge is 0.175 e. The Labute approximate surface area is 131 Å². The van der Waals surface area contributed by atoms with Crippen molar-refractivity contribution in [1.29, 1.82) is 0 Å². The van der Waals surface area contributed by atoms with Crippen LogP contribution in [-0.4, -0.2) is 43.6 Å². The molecule has 4 heterocycles. The lowest BCUT2D eigenvalue weighted by Gasteiger charge is -2.15. The summed E-state index contributed by atoms with van der Waals surface area (Å²) in [7, 11) is 1.89. The first-order chi connectivity index (χ1) is 10.7. The standard InChI is InChI=1S/C14H15ClN6O/c1-20-6-9(4-16-20)11-7-21-14(12(15)5-17-21)19-13(11)18-10-2-3-22-8-10/h4-7,10H,2-3,8H2,1H3,(H,18,19). The van der Waals surface area contributed by atoms with Crippen molar-refractivity contribution in [3.05, 3.63) is 29.8 Å².